The molecule has 1 aliphatic heterocycles. The maximum Gasteiger partial charge on any atom is 0.142 e. The highest BCUT2D eigenvalue weighted by molar-refractivity contribution is 9.10. The van der Waals surface area contributed by atoms with Crippen molar-refractivity contribution in [3.63, 3.8) is 0 Å². The minimum atomic E-state index is -0.119. The number of aliphatic hydroxyl groups is 1. The van der Waals surface area contributed by atoms with Crippen LogP contribution in [0.25, 0.3) is 22.0 Å². The molecule has 1 fully saturated rings. The van der Waals surface area contributed by atoms with Gasteiger partial charge in [0.25, 0.3) is 0 Å². The van der Waals surface area contributed by atoms with E-state index in [1.54, 1.807) is 18.3 Å². The molecule has 2 aromatic heterocycles. The third kappa shape index (κ3) is 9.00. The second-order valence-corrected chi connectivity index (χ2v) is 14.3. The van der Waals surface area contributed by atoms with Gasteiger partial charge in [-0.1, -0.05) is 41.9 Å². The zero-order valence-corrected chi connectivity index (χ0v) is 31.4. The maximum atomic E-state index is 11.3. The van der Waals surface area contributed by atoms with Gasteiger partial charge in [0.2, 0.25) is 0 Å². The lowest BCUT2D eigenvalue weighted by atomic mass is 10.00. The van der Waals surface area contributed by atoms with Crippen molar-refractivity contribution in [1.29, 1.82) is 5.26 Å². The number of aromatic nitrogens is 3. The summed E-state index contributed by atoms with van der Waals surface area (Å²) in [4.78, 5) is 17.8. The quantitative estimate of drug-likeness (QED) is 0.0731. The molecule has 1 saturated heterocycles. The van der Waals surface area contributed by atoms with Crippen LogP contribution in [0.2, 0.25) is 5.02 Å². The van der Waals surface area contributed by atoms with Crippen molar-refractivity contribution in [2.24, 2.45) is 0 Å². The first-order chi connectivity index (χ1) is 25.4. The van der Waals surface area contributed by atoms with Crippen LogP contribution in [0.5, 0.6) is 11.5 Å². The van der Waals surface area contributed by atoms with Crippen molar-refractivity contribution < 1.29 is 19.4 Å². The lowest BCUT2D eigenvalue weighted by Gasteiger charge is -2.19. The van der Waals surface area contributed by atoms with Gasteiger partial charge in [-0.25, -0.2) is 0 Å². The molecular weight excluding hydrogens is 744 g/mol. The van der Waals surface area contributed by atoms with Gasteiger partial charge in [-0.2, -0.15) is 10.4 Å². The van der Waals surface area contributed by atoms with E-state index in [-0.39, 0.29) is 31.9 Å². The van der Waals surface area contributed by atoms with Crippen LogP contribution in [-0.4, -0.2) is 62.8 Å². The highest BCUT2D eigenvalue weighted by Crippen LogP contribution is 2.38. The Hall–Kier alpha value is -4.31. The number of aryl methyl sites for hydroxylation is 1. The number of aldehydes is 1. The van der Waals surface area contributed by atoms with Gasteiger partial charge >= 0.3 is 0 Å². The average Bonchev–Trinajstić information content (AvgIpc) is 3.82. The summed E-state index contributed by atoms with van der Waals surface area (Å²) in [5, 5.41) is 28.3. The van der Waals surface area contributed by atoms with Crippen LogP contribution in [0.3, 0.4) is 0 Å². The average molecular weight is 786 g/mol. The number of nitrogens with one attached hydrogen (secondary N) is 1. The number of unbranched alkanes of at least 4 members (excludes halogenated alkanes) is 1. The third-order valence-electron chi connectivity index (χ3n) is 9.42. The summed E-state index contributed by atoms with van der Waals surface area (Å²) in [6, 6.07) is 19.8. The number of likely N-dealkylation sites (tertiary alicyclic amines) is 1. The molecule has 5 aromatic rings. The van der Waals surface area contributed by atoms with E-state index in [4.69, 9.17) is 26.2 Å². The van der Waals surface area contributed by atoms with Gasteiger partial charge in [0, 0.05) is 64.1 Å². The molecule has 0 spiro atoms. The fraction of sp³-hybridized carbons (Fsp3) is 0.350. The standard InChI is InChI=1S/C40H42BrClN6O4/c1-27(23-49)45-21-31-16-36(42)39(17-38(31)51-25-29-15-28(18-43)19-44-20-29)52-26-30-7-4-10-34(40(30)41)33-9-5-11-37-35(33)22-46-48(37)14-3-2-12-47-13-6-8-32(47)24-50/h4-5,7,9-11,15-17,19-20,22,24,27,32,45,49H,2-3,6,8,12-14,21,23,25-26H2,1H3. The molecular formula is C40H42BrClN6O4. The number of carbonyl (C=O) groups is 1. The summed E-state index contributed by atoms with van der Waals surface area (Å²) in [6.45, 7) is 5.51. The molecule has 2 unspecified atom stereocenters. The van der Waals surface area contributed by atoms with Gasteiger partial charge in [-0.15, -0.1) is 0 Å². The topological polar surface area (TPSA) is 126 Å². The molecule has 2 N–H and O–H groups in total. The van der Waals surface area contributed by atoms with E-state index in [9.17, 15) is 15.2 Å². The Bertz CT molecular complexity index is 2050. The summed E-state index contributed by atoms with van der Waals surface area (Å²) >= 11 is 10.6. The van der Waals surface area contributed by atoms with Gasteiger partial charge in [0.05, 0.1) is 34.9 Å². The molecule has 0 radical (unpaired) electrons. The van der Waals surface area contributed by atoms with Crippen molar-refractivity contribution >= 4 is 44.7 Å². The molecule has 3 aromatic carbocycles. The predicted octanol–water partition coefficient (Wildman–Crippen LogP) is 7.46. The van der Waals surface area contributed by atoms with E-state index in [0.717, 1.165) is 94.8 Å². The first kappa shape index (κ1) is 37.4. The van der Waals surface area contributed by atoms with Crippen molar-refractivity contribution in [1.82, 2.24) is 25.0 Å². The Morgan fingerprint density at radius 1 is 1.06 bits per heavy atom. The molecule has 10 nitrogen and oxygen atoms in total. The lowest BCUT2D eigenvalue weighted by molar-refractivity contribution is -0.111. The zero-order chi connectivity index (χ0) is 36.5. The van der Waals surface area contributed by atoms with Gasteiger partial charge in [-0.3, -0.25) is 14.6 Å². The highest BCUT2D eigenvalue weighted by Gasteiger charge is 2.23. The summed E-state index contributed by atoms with van der Waals surface area (Å²) in [7, 11) is 0. The Morgan fingerprint density at radius 2 is 1.87 bits per heavy atom. The fourth-order valence-electron chi connectivity index (χ4n) is 6.53. The Kier molecular flexibility index (Phi) is 12.9. The first-order valence-electron chi connectivity index (χ1n) is 17.6. The van der Waals surface area contributed by atoms with Crippen molar-refractivity contribution in [3.8, 4) is 28.7 Å². The maximum absolute atomic E-state index is 11.3. The number of ether oxygens (including phenoxy) is 2. The number of halogens is 2. The number of hydrogen-bond donors (Lipinski definition) is 2. The number of nitrogens with zero attached hydrogens (tertiary/aromatic N) is 5. The Labute approximate surface area is 317 Å². The van der Waals surface area contributed by atoms with Crippen LogP contribution in [0.4, 0.5) is 0 Å². The number of fused-ring (bicyclic) bond motifs is 1. The Morgan fingerprint density at radius 3 is 2.69 bits per heavy atom. The van der Waals surface area contributed by atoms with E-state index in [1.807, 2.05) is 31.3 Å². The fourth-order valence-corrected chi connectivity index (χ4v) is 7.36. The zero-order valence-electron chi connectivity index (χ0n) is 29.1. The summed E-state index contributed by atoms with van der Waals surface area (Å²) in [5.74, 6) is 1.03. The molecule has 3 heterocycles. The van der Waals surface area contributed by atoms with E-state index in [0.29, 0.717) is 28.6 Å². The third-order valence-corrected chi connectivity index (χ3v) is 10.7. The molecule has 0 saturated carbocycles. The smallest absolute Gasteiger partial charge is 0.142 e. The van der Waals surface area contributed by atoms with Gasteiger partial charge in [0.15, 0.2) is 0 Å². The SMILES string of the molecule is CC(CO)NCc1cc(Cl)c(OCc2cccc(-c3cccc4c3cnn4CCCCN3CCCC3C=O)c2Br)cc1OCc1cncc(C#N)c1. The number of rotatable bonds is 17. The van der Waals surface area contributed by atoms with Crippen molar-refractivity contribution in [3.05, 3.63) is 105 Å². The highest BCUT2D eigenvalue weighted by atomic mass is 79.9. The van der Waals surface area contributed by atoms with Gasteiger partial charge in [-0.05, 0) is 91.0 Å². The van der Waals surface area contributed by atoms with Crippen LogP contribution in [0.1, 0.15) is 54.9 Å². The first-order valence-corrected chi connectivity index (χ1v) is 18.7. The van der Waals surface area contributed by atoms with Gasteiger partial charge in [0.1, 0.15) is 37.1 Å². The molecule has 6 rings (SSSR count). The summed E-state index contributed by atoms with van der Waals surface area (Å²) in [6.07, 6.45) is 10.3. The van der Waals surface area contributed by atoms with Crippen LogP contribution >= 0.6 is 27.5 Å². The van der Waals surface area contributed by atoms with Crippen molar-refractivity contribution in [2.75, 3.05) is 19.7 Å². The van der Waals surface area contributed by atoms with Crippen molar-refractivity contribution in [2.45, 2.75) is 71.0 Å². The number of benzene rings is 3. The molecule has 0 amide bonds. The monoisotopic (exact) mass is 784 g/mol. The van der Waals surface area contributed by atoms with Crippen LogP contribution in [0, 0.1) is 11.3 Å². The molecule has 270 valence electrons. The molecule has 52 heavy (non-hydrogen) atoms. The molecule has 1 aliphatic rings. The summed E-state index contributed by atoms with van der Waals surface area (Å²) < 4.78 is 15.5. The van der Waals surface area contributed by atoms with E-state index in [2.05, 4.69) is 66.1 Å². The largest absolute Gasteiger partial charge is 0.488 e. The van der Waals surface area contributed by atoms with Gasteiger partial charge < -0.3 is 24.7 Å². The second kappa shape index (κ2) is 17.9. The van der Waals surface area contributed by atoms with E-state index >= 15 is 0 Å². The van der Waals surface area contributed by atoms with Crippen LogP contribution in [-0.2, 0) is 31.1 Å². The minimum Gasteiger partial charge on any atom is -0.488 e. The molecule has 2 atom stereocenters. The second-order valence-electron chi connectivity index (χ2n) is 13.1. The van der Waals surface area contributed by atoms with Crippen LogP contribution < -0.4 is 14.8 Å². The summed E-state index contributed by atoms with van der Waals surface area (Å²) in [5.41, 5.74) is 6.14. The van der Waals surface area contributed by atoms with E-state index < -0.39 is 0 Å². The number of aliphatic hydroxyl groups excluding tert-OH is 1. The predicted molar refractivity (Wildman–Crippen MR) is 205 cm³/mol. The molecule has 12 heteroatoms. The number of pyridine rings is 1. The van der Waals surface area contributed by atoms with E-state index in [1.165, 1.54) is 6.20 Å². The lowest BCUT2D eigenvalue weighted by Crippen LogP contribution is -2.31. The number of hydrogen-bond acceptors (Lipinski definition) is 9. The number of carbonyl (C=O) groups excluding carboxylic acids is 1. The minimum absolute atomic E-state index is 0.00788. The molecule has 0 bridgehead atoms. The number of nitriles is 1. The molecule has 0 aliphatic carbocycles. The normalized spacial score (nSPS) is 15.1. The van der Waals surface area contributed by atoms with Crippen LogP contribution in [0.15, 0.2) is 77.7 Å². The Balaban J connectivity index is 1.17.